The first kappa shape index (κ1) is 15.5. The number of hydrogen-bond acceptors (Lipinski definition) is 2. The van der Waals surface area contributed by atoms with Crippen LogP contribution in [0.15, 0.2) is 12.1 Å². The Hall–Kier alpha value is -1.02. The molecule has 4 rings (SSSR count). The maximum atomic E-state index is 10.6. The number of aromatic hydroxyl groups is 1. The molecule has 0 aromatic heterocycles. The fraction of sp³-hybridized carbons (Fsp3) is 0.714. The van der Waals surface area contributed by atoms with Crippen LogP contribution in [0.1, 0.15) is 75.0 Å². The maximum absolute atomic E-state index is 10.6. The molecule has 1 aromatic carbocycles. The fourth-order valence-electron chi connectivity index (χ4n) is 5.95. The van der Waals surface area contributed by atoms with Crippen molar-refractivity contribution >= 4 is 0 Å². The zero-order valence-corrected chi connectivity index (χ0v) is 14.5. The first-order valence-corrected chi connectivity index (χ1v) is 9.84. The van der Waals surface area contributed by atoms with Crippen LogP contribution in [0.3, 0.4) is 0 Å². The van der Waals surface area contributed by atoms with Gasteiger partial charge in [0.15, 0.2) is 0 Å². The minimum Gasteiger partial charge on any atom is -0.508 e. The molecule has 1 saturated heterocycles. The Balaban J connectivity index is 1.81. The molecule has 1 saturated carbocycles. The monoisotopic (exact) mass is 313 g/mol. The van der Waals surface area contributed by atoms with Crippen LogP contribution in [-0.2, 0) is 18.3 Å². The van der Waals surface area contributed by atoms with Crippen LogP contribution in [0.4, 0.5) is 0 Å². The normalized spacial score (nSPS) is 32.2. The molecular weight excluding hydrogens is 282 g/mol. The van der Waals surface area contributed by atoms with Gasteiger partial charge in [-0.3, -0.25) is 0 Å². The summed E-state index contributed by atoms with van der Waals surface area (Å²) in [5.41, 5.74) is 4.80. The smallest absolute Gasteiger partial charge is 0.119 e. The van der Waals surface area contributed by atoms with E-state index in [1.54, 1.807) is 5.56 Å². The summed E-state index contributed by atoms with van der Waals surface area (Å²) in [7, 11) is 0. The van der Waals surface area contributed by atoms with E-state index >= 15 is 0 Å². The summed E-state index contributed by atoms with van der Waals surface area (Å²) in [5, 5.41) is 14.4. The lowest BCUT2D eigenvalue weighted by Crippen LogP contribution is -2.59. The summed E-state index contributed by atoms with van der Waals surface area (Å²) in [4.78, 5) is 0. The molecule has 1 aromatic rings. The quantitative estimate of drug-likeness (QED) is 0.804. The second kappa shape index (κ2) is 6.12. The minimum atomic E-state index is 0.363. The largest absolute Gasteiger partial charge is 0.508 e. The standard InChI is InChI=1S/C21H31NO/c1-2-3-4-7-16-19(23)10-9-15-14-18-17-8-5-6-11-21(17,20(15)16)12-13-22-18/h9-10,17-18,22-23H,2-8,11-14H2,1H3/t17-,18+,21?/m0/s1. The molecule has 0 radical (unpaired) electrons. The van der Waals surface area contributed by atoms with Crippen molar-refractivity contribution < 1.29 is 5.11 Å². The molecule has 126 valence electrons. The summed E-state index contributed by atoms with van der Waals surface area (Å²) in [6, 6.07) is 4.86. The summed E-state index contributed by atoms with van der Waals surface area (Å²) in [6.45, 7) is 3.41. The van der Waals surface area contributed by atoms with Gasteiger partial charge in [0.25, 0.3) is 0 Å². The lowest BCUT2D eigenvalue weighted by molar-refractivity contribution is 0.0786. The van der Waals surface area contributed by atoms with E-state index < -0.39 is 0 Å². The number of phenols is 1. The predicted octanol–water partition coefficient (Wildman–Crippen LogP) is 4.47. The molecule has 3 atom stereocenters. The molecule has 1 unspecified atom stereocenters. The van der Waals surface area contributed by atoms with Crippen molar-refractivity contribution in [1.29, 1.82) is 0 Å². The molecule has 1 aliphatic heterocycles. The third-order valence-electron chi connectivity index (χ3n) is 6.90. The Kier molecular flexibility index (Phi) is 4.13. The van der Waals surface area contributed by atoms with E-state index in [2.05, 4.69) is 18.3 Å². The first-order valence-electron chi connectivity index (χ1n) is 9.84. The van der Waals surface area contributed by atoms with Gasteiger partial charge in [0.1, 0.15) is 5.75 Å². The van der Waals surface area contributed by atoms with Gasteiger partial charge in [-0.2, -0.15) is 0 Å². The zero-order valence-electron chi connectivity index (χ0n) is 14.5. The topological polar surface area (TPSA) is 32.3 Å². The van der Waals surface area contributed by atoms with E-state index in [4.69, 9.17) is 0 Å². The van der Waals surface area contributed by atoms with Gasteiger partial charge in [-0.05, 0) is 73.7 Å². The van der Waals surface area contributed by atoms with Crippen LogP contribution in [0.2, 0.25) is 0 Å². The molecule has 1 heterocycles. The van der Waals surface area contributed by atoms with Crippen molar-refractivity contribution in [3.05, 3.63) is 28.8 Å². The van der Waals surface area contributed by atoms with Gasteiger partial charge < -0.3 is 10.4 Å². The fourth-order valence-corrected chi connectivity index (χ4v) is 5.95. The molecule has 2 bridgehead atoms. The van der Waals surface area contributed by atoms with Crippen LogP contribution < -0.4 is 5.32 Å². The highest BCUT2D eigenvalue weighted by Gasteiger charge is 2.52. The Labute approximate surface area is 140 Å². The average Bonchev–Trinajstić information content (AvgIpc) is 2.57. The minimum absolute atomic E-state index is 0.363. The van der Waals surface area contributed by atoms with Crippen molar-refractivity contribution in [2.24, 2.45) is 5.92 Å². The highest BCUT2D eigenvalue weighted by atomic mass is 16.3. The van der Waals surface area contributed by atoms with Crippen LogP contribution in [0.5, 0.6) is 5.75 Å². The Morgan fingerprint density at radius 3 is 3.00 bits per heavy atom. The van der Waals surface area contributed by atoms with E-state index in [1.165, 1.54) is 68.9 Å². The number of rotatable bonds is 4. The predicted molar refractivity (Wildman–Crippen MR) is 95.1 cm³/mol. The Morgan fingerprint density at radius 1 is 1.22 bits per heavy atom. The SMILES string of the molecule is CCCCCc1c(O)ccc2c1C13CCCC[C@H]1[C@@H](C2)NCC3. The molecule has 2 aliphatic carbocycles. The Bertz CT molecular complexity index is 577. The summed E-state index contributed by atoms with van der Waals surface area (Å²) in [5.74, 6) is 1.36. The first-order chi connectivity index (χ1) is 11.3. The molecule has 0 spiro atoms. The third-order valence-corrected chi connectivity index (χ3v) is 6.90. The molecular formula is C21H31NO. The van der Waals surface area contributed by atoms with Gasteiger partial charge in [0.05, 0.1) is 0 Å². The maximum Gasteiger partial charge on any atom is 0.119 e. The third kappa shape index (κ3) is 2.41. The number of piperidine rings is 1. The highest BCUT2D eigenvalue weighted by Crippen LogP contribution is 2.55. The number of fused-ring (bicyclic) bond motifs is 1. The van der Waals surface area contributed by atoms with Gasteiger partial charge >= 0.3 is 0 Å². The number of phenolic OH excluding ortho intramolecular Hbond substituents is 1. The lowest BCUT2D eigenvalue weighted by Gasteiger charge is -2.56. The second-order valence-electron chi connectivity index (χ2n) is 8.08. The van der Waals surface area contributed by atoms with E-state index in [1.807, 2.05) is 6.07 Å². The van der Waals surface area contributed by atoms with Crippen molar-refractivity contribution in [2.75, 3.05) is 6.54 Å². The number of unbranched alkanes of at least 4 members (excludes halogenated alkanes) is 2. The zero-order chi connectivity index (χ0) is 15.9. The van der Waals surface area contributed by atoms with Gasteiger partial charge in [-0.1, -0.05) is 38.7 Å². The molecule has 2 heteroatoms. The van der Waals surface area contributed by atoms with Crippen molar-refractivity contribution in [3.8, 4) is 5.75 Å². The van der Waals surface area contributed by atoms with E-state index in [0.717, 1.165) is 18.9 Å². The molecule has 0 amide bonds. The van der Waals surface area contributed by atoms with Gasteiger partial charge in [0, 0.05) is 11.5 Å². The van der Waals surface area contributed by atoms with Gasteiger partial charge in [-0.25, -0.2) is 0 Å². The van der Waals surface area contributed by atoms with Crippen molar-refractivity contribution in [2.45, 2.75) is 82.6 Å². The van der Waals surface area contributed by atoms with Crippen LogP contribution in [0.25, 0.3) is 0 Å². The van der Waals surface area contributed by atoms with Crippen LogP contribution in [0, 0.1) is 5.92 Å². The number of nitrogens with one attached hydrogen (secondary N) is 1. The van der Waals surface area contributed by atoms with Crippen LogP contribution in [-0.4, -0.2) is 17.7 Å². The number of hydrogen-bond donors (Lipinski definition) is 2. The van der Waals surface area contributed by atoms with E-state index in [9.17, 15) is 5.11 Å². The summed E-state index contributed by atoms with van der Waals surface area (Å²) < 4.78 is 0. The molecule has 2 fully saturated rings. The Morgan fingerprint density at radius 2 is 2.13 bits per heavy atom. The molecule has 23 heavy (non-hydrogen) atoms. The molecule has 2 N–H and O–H groups in total. The molecule has 3 aliphatic rings. The summed E-state index contributed by atoms with van der Waals surface area (Å²) >= 11 is 0. The van der Waals surface area contributed by atoms with E-state index in [-0.39, 0.29) is 0 Å². The van der Waals surface area contributed by atoms with Crippen LogP contribution >= 0.6 is 0 Å². The number of benzene rings is 1. The van der Waals surface area contributed by atoms with Crippen molar-refractivity contribution in [3.63, 3.8) is 0 Å². The molecule has 2 nitrogen and oxygen atoms in total. The second-order valence-corrected chi connectivity index (χ2v) is 8.08. The highest BCUT2D eigenvalue weighted by molar-refractivity contribution is 5.52. The lowest BCUT2D eigenvalue weighted by atomic mass is 9.52. The van der Waals surface area contributed by atoms with Gasteiger partial charge in [0.2, 0.25) is 0 Å². The summed E-state index contributed by atoms with van der Waals surface area (Å²) in [6.07, 6.45) is 12.7. The average molecular weight is 313 g/mol. The van der Waals surface area contributed by atoms with Crippen molar-refractivity contribution in [1.82, 2.24) is 5.32 Å². The van der Waals surface area contributed by atoms with Gasteiger partial charge in [-0.15, -0.1) is 0 Å². The van der Waals surface area contributed by atoms with E-state index in [0.29, 0.717) is 17.2 Å².